The normalized spacial score (nSPS) is 11.7. The molecule has 0 aliphatic rings. The van der Waals surface area contributed by atoms with Crippen LogP contribution in [0.3, 0.4) is 0 Å². The number of rotatable bonds is 6. The fraction of sp³-hybridized carbons (Fsp3) is 0.400. The van der Waals surface area contributed by atoms with Gasteiger partial charge in [0.1, 0.15) is 0 Å². The van der Waals surface area contributed by atoms with Crippen molar-refractivity contribution in [1.29, 1.82) is 0 Å². The molecule has 0 spiro atoms. The van der Waals surface area contributed by atoms with Crippen molar-refractivity contribution < 1.29 is 13.3 Å². The van der Waals surface area contributed by atoms with Gasteiger partial charge in [-0.25, -0.2) is 0 Å². The molecule has 0 unspecified atom stereocenters. The molecule has 84 valence electrons. The van der Waals surface area contributed by atoms with Gasteiger partial charge in [0, 0.05) is 0 Å². The van der Waals surface area contributed by atoms with E-state index < -0.39 is 8.80 Å². The van der Waals surface area contributed by atoms with Crippen LogP contribution in [-0.4, -0.2) is 45.1 Å². The maximum absolute atomic E-state index is 5.37. The fourth-order valence-electron chi connectivity index (χ4n) is 1.12. The van der Waals surface area contributed by atoms with Crippen LogP contribution >= 0.6 is 0 Å². The number of hydrogen-bond donors (Lipinski definition) is 0. The summed E-state index contributed by atoms with van der Waals surface area (Å²) in [6.45, 7) is 0. The zero-order valence-corrected chi connectivity index (χ0v) is 11.9. The molecule has 1 aromatic carbocycles. The van der Waals surface area contributed by atoms with Crippen LogP contribution in [0.4, 0.5) is 0 Å². The monoisotopic (exact) mass is 292 g/mol. The first-order valence-corrected chi connectivity index (χ1v) is 8.59. The quantitative estimate of drug-likeness (QED) is 0.727. The first kappa shape index (κ1) is 12.9. The molecule has 0 bridgehead atoms. The van der Waals surface area contributed by atoms with Gasteiger partial charge in [0.15, 0.2) is 0 Å². The van der Waals surface area contributed by atoms with Crippen LogP contribution in [0.25, 0.3) is 0 Å². The molecule has 0 heterocycles. The van der Waals surface area contributed by atoms with E-state index in [1.165, 1.54) is 4.46 Å². The third-order valence-corrected chi connectivity index (χ3v) is 8.86. The topological polar surface area (TPSA) is 27.7 Å². The molecular formula is C10H16O3SeSi. The first-order chi connectivity index (χ1) is 7.26. The van der Waals surface area contributed by atoms with Gasteiger partial charge in [0.05, 0.1) is 0 Å². The summed E-state index contributed by atoms with van der Waals surface area (Å²) in [5.41, 5.74) is 0. The van der Waals surface area contributed by atoms with Crippen molar-refractivity contribution in [2.45, 2.75) is 4.94 Å². The summed E-state index contributed by atoms with van der Waals surface area (Å²) >= 11 is 0.343. The van der Waals surface area contributed by atoms with Crippen LogP contribution in [0, 0.1) is 0 Å². The molecule has 0 saturated carbocycles. The molecule has 0 atom stereocenters. The Morgan fingerprint density at radius 2 is 1.53 bits per heavy atom. The maximum atomic E-state index is 5.37. The van der Waals surface area contributed by atoms with E-state index in [1.54, 1.807) is 21.3 Å². The summed E-state index contributed by atoms with van der Waals surface area (Å²) in [7, 11) is 2.59. The summed E-state index contributed by atoms with van der Waals surface area (Å²) in [4.78, 5) is 0.869. The zero-order valence-electron chi connectivity index (χ0n) is 9.23. The summed E-state index contributed by atoms with van der Waals surface area (Å²) < 4.78 is 17.4. The minimum atomic E-state index is -2.37. The Bertz CT molecular complexity index is 269. The average molecular weight is 291 g/mol. The molecule has 0 aliphatic heterocycles. The summed E-state index contributed by atoms with van der Waals surface area (Å²) in [5.74, 6) is 0. The SMILES string of the molecule is CO[Si](C[Se]c1ccccc1)(OC)OC. The van der Waals surface area contributed by atoms with E-state index in [2.05, 4.69) is 12.1 Å². The van der Waals surface area contributed by atoms with Gasteiger partial charge >= 0.3 is 98.1 Å². The van der Waals surface area contributed by atoms with Crippen molar-refractivity contribution in [1.82, 2.24) is 0 Å². The summed E-state index contributed by atoms with van der Waals surface area (Å²) in [6.07, 6.45) is 0. The Kier molecular flexibility index (Phi) is 5.53. The van der Waals surface area contributed by atoms with Crippen LogP contribution in [0.5, 0.6) is 0 Å². The molecular weight excluding hydrogens is 275 g/mol. The predicted molar refractivity (Wildman–Crippen MR) is 63.4 cm³/mol. The van der Waals surface area contributed by atoms with E-state index in [-0.39, 0.29) is 0 Å². The van der Waals surface area contributed by atoms with Gasteiger partial charge in [-0.2, -0.15) is 0 Å². The van der Waals surface area contributed by atoms with Crippen LogP contribution < -0.4 is 4.46 Å². The average Bonchev–Trinajstić information content (AvgIpc) is 2.33. The molecule has 0 radical (unpaired) electrons. The molecule has 1 rings (SSSR count). The van der Waals surface area contributed by atoms with Gasteiger partial charge in [0.2, 0.25) is 0 Å². The molecule has 0 N–H and O–H groups in total. The predicted octanol–water partition coefficient (Wildman–Crippen LogP) is 0.852. The fourth-order valence-corrected chi connectivity index (χ4v) is 7.43. The van der Waals surface area contributed by atoms with Crippen molar-refractivity contribution in [3.05, 3.63) is 30.3 Å². The molecule has 0 amide bonds. The van der Waals surface area contributed by atoms with Crippen molar-refractivity contribution in [3.63, 3.8) is 0 Å². The molecule has 0 aromatic heterocycles. The molecule has 0 aliphatic carbocycles. The van der Waals surface area contributed by atoms with Gasteiger partial charge in [-0.05, 0) is 0 Å². The molecule has 3 nitrogen and oxygen atoms in total. The van der Waals surface area contributed by atoms with Gasteiger partial charge in [-0.3, -0.25) is 0 Å². The second kappa shape index (κ2) is 6.43. The Balaban J connectivity index is 2.54. The van der Waals surface area contributed by atoms with Crippen molar-refractivity contribution in [3.8, 4) is 0 Å². The molecule has 0 saturated heterocycles. The molecule has 0 fully saturated rings. The van der Waals surface area contributed by atoms with Crippen molar-refractivity contribution in [2.24, 2.45) is 0 Å². The van der Waals surface area contributed by atoms with E-state index >= 15 is 0 Å². The van der Waals surface area contributed by atoms with Crippen LogP contribution in [0.1, 0.15) is 0 Å². The number of hydrogen-bond acceptors (Lipinski definition) is 3. The second-order valence-electron chi connectivity index (χ2n) is 2.90. The molecule has 1 aromatic rings. The van der Waals surface area contributed by atoms with Crippen LogP contribution in [-0.2, 0) is 13.3 Å². The minimum absolute atomic E-state index is 0.343. The van der Waals surface area contributed by atoms with Crippen LogP contribution in [0.15, 0.2) is 30.3 Å². The van der Waals surface area contributed by atoms with E-state index in [9.17, 15) is 0 Å². The summed E-state index contributed by atoms with van der Waals surface area (Å²) in [6, 6.07) is 10.4. The Hall–Kier alpha value is -0.164. The number of benzene rings is 1. The Morgan fingerprint density at radius 3 is 2.00 bits per heavy atom. The second-order valence-corrected chi connectivity index (χ2v) is 9.19. The van der Waals surface area contributed by atoms with Gasteiger partial charge in [0.25, 0.3) is 0 Å². The molecule has 5 heteroatoms. The van der Waals surface area contributed by atoms with Gasteiger partial charge < -0.3 is 0 Å². The Labute approximate surface area is 98.3 Å². The van der Waals surface area contributed by atoms with Crippen molar-refractivity contribution in [2.75, 3.05) is 21.3 Å². The standard InChI is InChI=1S/C10H16O3SeSi/c1-11-15(12-2,13-3)9-14-10-7-5-4-6-8-10/h4-8H,9H2,1-3H3. The van der Waals surface area contributed by atoms with E-state index in [1.807, 2.05) is 18.2 Å². The first-order valence-electron chi connectivity index (χ1n) is 4.59. The zero-order chi connectivity index (χ0) is 11.1. The van der Waals surface area contributed by atoms with Crippen LogP contribution in [0.2, 0.25) is 4.94 Å². The van der Waals surface area contributed by atoms with E-state index in [4.69, 9.17) is 13.3 Å². The third-order valence-electron chi connectivity index (χ3n) is 2.09. The van der Waals surface area contributed by atoms with Gasteiger partial charge in [-0.15, -0.1) is 0 Å². The van der Waals surface area contributed by atoms with E-state index in [0.717, 1.165) is 4.94 Å². The molecule has 15 heavy (non-hydrogen) atoms. The third kappa shape index (κ3) is 3.72. The van der Waals surface area contributed by atoms with Gasteiger partial charge in [-0.1, -0.05) is 0 Å². The summed E-state index contributed by atoms with van der Waals surface area (Å²) in [5, 5.41) is 0. The van der Waals surface area contributed by atoms with Crippen molar-refractivity contribution >= 4 is 28.2 Å². The van der Waals surface area contributed by atoms with E-state index in [0.29, 0.717) is 15.0 Å². The Morgan fingerprint density at radius 1 is 1.00 bits per heavy atom.